The second-order valence-corrected chi connectivity index (χ2v) is 4.74. The predicted octanol–water partition coefficient (Wildman–Crippen LogP) is 2.56. The van der Waals surface area contributed by atoms with Gasteiger partial charge in [-0.25, -0.2) is 0 Å². The molecule has 0 saturated heterocycles. The maximum Gasteiger partial charge on any atom is 0.261 e. The smallest absolute Gasteiger partial charge is 0.261 e. The molecule has 0 radical (unpaired) electrons. The molecule has 1 N–H and O–H groups in total. The van der Waals surface area contributed by atoms with E-state index in [0.717, 1.165) is 5.56 Å². The quantitative estimate of drug-likeness (QED) is 0.853. The van der Waals surface area contributed by atoms with Gasteiger partial charge in [0, 0.05) is 18.9 Å². The van der Waals surface area contributed by atoms with Crippen molar-refractivity contribution in [1.29, 1.82) is 0 Å². The lowest BCUT2D eigenvalue weighted by atomic mass is 10.2. The van der Waals surface area contributed by atoms with Crippen LogP contribution in [-0.2, 0) is 11.3 Å². The van der Waals surface area contributed by atoms with Crippen LogP contribution in [0.1, 0.15) is 18.9 Å². The zero-order valence-corrected chi connectivity index (χ0v) is 12.8. The molecule has 116 valence electrons. The summed E-state index contributed by atoms with van der Waals surface area (Å²) >= 11 is 0. The van der Waals surface area contributed by atoms with E-state index in [1.54, 1.807) is 31.6 Å². The maximum absolute atomic E-state index is 12.3. The van der Waals surface area contributed by atoms with Crippen molar-refractivity contribution in [3.8, 4) is 11.5 Å². The fourth-order valence-electron chi connectivity index (χ4n) is 2.00. The van der Waals surface area contributed by atoms with E-state index < -0.39 is 6.10 Å². The van der Waals surface area contributed by atoms with E-state index in [1.165, 1.54) is 0 Å². The molecule has 1 heterocycles. The van der Waals surface area contributed by atoms with Crippen LogP contribution in [0.4, 0.5) is 0 Å². The van der Waals surface area contributed by atoms with Crippen molar-refractivity contribution >= 4 is 5.91 Å². The van der Waals surface area contributed by atoms with Crippen LogP contribution in [0.3, 0.4) is 0 Å². The summed E-state index contributed by atoms with van der Waals surface area (Å²) in [5.74, 6) is 1.03. The van der Waals surface area contributed by atoms with Crippen molar-refractivity contribution in [3.63, 3.8) is 0 Å². The number of nitrogens with zero attached hydrogens (tertiary/aromatic N) is 1. The van der Waals surface area contributed by atoms with Gasteiger partial charge in [-0.15, -0.1) is 0 Å². The lowest BCUT2D eigenvalue weighted by Crippen LogP contribution is -2.37. The summed E-state index contributed by atoms with van der Waals surface area (Å²) in [5.41, 5.74) is 0.996. The minimum Gasteiger partial charge on any atom is -0.493 e. The normalized spacial score (nSPS) is 11.5. The molecule has 1 aromatic carbocycles. The molecule has 0 aliphatic heterocycles. The lowest BCUT2D eigenvalue weighted by molar-refractivity contribution is -0.128. The third-order valence-corrected chi connectivity index (χ3v) is 3.22. The largest absolute Gasteiger partial charge is 0.493 e. The number of para-hydroxylation sites is 2. The zero-order chi connectivity index (χ0) is 15.8. The molecule has 0 aliphatic carbocycles. The van der Waals surface area contributed by atoms with Crippen LogP contribution in [0.2, 0.25) is 0 Å². The van der Waals surface area contributed by atoms with Gasteiger partial charge in [0.2, 0.25) is 0 Å². The standard InChI is InChI=1S/C17H20N2O3/c1-3-14(22-16-7-5-4-6-15(16)21-2)17(20)19-12-13-8-10-18-11-9-13/h4-11,14H,3,12H2,1-2H3,(H,19,20). The van der Waals surface area contributed by atoms with Crippen molar-refractivity contribution in [1.82, 2.24) is 10.3 Å². The highest BCUT2D eigenvalue weighted by molar-refractivity contribution is 5.81. The number of pyridine rings is 1. The number of ether oxygens (including phenoxy) is 2. The summed E-state index contributed by atoms with van der Waals surface area (Å²) in [6.07, 6.45) is 3.41. The van der Waals surface area contributed by atoms with Gasteiger partial charge in [0.05, 0.1) is 7.11 Å². The molecule has 5 nitrogen and oxygen atoms in total. The van der Waals surface area contributed by atoms with Gasteiger partial charge in [0.15, 0.2) is 17.6 Å². The van der Waals surface area contributed by atoms with Gasteiger partial charge in [-0.1, -0.05) is 19.1 Å². The van der Waals surface area contributed by atoms with E-state index in [2.05, 4.69) is 10.3 Å². The van der Waals surface area contributed by atoms with Crippen LogP contribution in [0.15, 0.2) is 48.8 Å². The Morgan fingerprint density at radius 1 is 1.18 bits per heavy atom. The van der Waals surface area contributed by atoms with E-state index in [0.29, 0.717) is 24.5 Å². The Bertz CT molecular complexity index is 602. The number of benzene rings is 1. The first-order valence-electron chi connectivity index (χ1n) is 7.21. The van der Waals surface area contributed by atoms with E-state index in [1.807, 2.05) is 31.2 Å². The Hall–Kier alpha value is -2.56. The van der Waals surface area contributed by atoms with E-state index >= 15 is 0 Å². The number of nitrogens with one attached hydrogen (secondary N) is 1. The molecule has 0 saturated carbocycles. The molecule has 5 heteroatoms. The summed E-state index contributed by atoms with van der Waals surface area (Å²) in [4.78, 5) is 16.2. The maximum atomic E-state index is 12.3. The number of methoxy groups -OCH3 is 1. The molecule has 22 heavy (non-hydrogen) atoms. The fourth-order valence-corrected chi connectivity index (χ4v) is 2.00. The van der Waals surface area contributed by atoms with Gasteiger partial charge in [0.25, 0.3) is 5.91 Å². The van der Waals surface area contributed by atoms with Crippen LogP contribution >= 0.6 is 0 Å². The van der Waals surface area contributed by atoms with Crippen molar-refractivity contribution in [2.24, 2.45) is 0 Å². The van der Waals surface area contributed by atoms with E-state index in [-0.39, 0.29) is 5.91 Å². The first kappa shape index (κ1) is 15.8. The van der Waals surface area contributed by atoms with Gasteiger partial charge < -0.3 is 14.8 Å². The highest BCUT2D eigenvalue weighted by atomic mass is 16.5. The second-order valence-electron chi connectivity index (χ2n) is 4.74. The summed E-state index contributed by atoms with van der Waals surface area (Å²) in [7, 11) is 1.58. The average molecular weight is 300 g/mol. The Morgan fingerprint density at radius 3 is 2.50 bits per heavy atom. The van der Waals surface area contributed by atoms with Gasteiger partial charge >= 0.3 is 0 Å². The topological polar surface area (TPSA) is 60.5 Å². The van der Waals surface area contributed by atoms with Crippen LogP contribution in [-0.4, -0.2) is 24.1 Å². The predicted molar refractivity (Wildman–Crippen MR) is 83.8 cm³/mol. The molecule has 0 aliphatic rings. The van der Waals surface area contributed by atoms with Crippen LogP contribution in [0, 0.1) is 0 Å². The Kier molecular flexibility index (Phi) is 5.77. The molecule has 0 fully saturated rings. The van der Waals surface area contributed by atoms with Crippen LogP contribution in [0.25, 0.3) is 0 Å². The number of hydrogen-bond donors (Lipinski definition) is 1. The van der Waals surface area contributed by atoms with Gasteiger partial charge in [-0.2, -0.15) is 0 Å². The van der Waals surface area contributed by atoms with Crippen molar-refractivity contribution < 1.29 is 14.3 Å². The molecular weight excluding hydrogens is 280 g/mol. The lowest BCUT2D eigenvalue weighted by Gasteiger charge is -2.18. The molecule has 1 amide bonds. The summed E-state index contributed by atoms with van der Waals surface area (Å²) < 4.78 is 11.0. The molecule has 1 aromatic heterocycles. The van der Waals surface area contributed by atoms with Crippen LogP contribution in [0.5, 0.6) is 11.5 Å². The Labute approximate surface area is 130 Å². The monoisotopic (exact) mass is 300 g/mol. The fraction of sp³-hybridized carbons (Fsp3) is 0.294. The number of carbonyl (C=O) groups is 1. The highest BCUT2D eigenvalue weighted by Gasteiger charge is 2.19. The average Bonchev–Trinajstić information content (AvgIpc) is 2.58. The number of amides is 1. The Morgan fingerprint density at radius 2 is 1.86 bits per heavy atom. The molecule has 2 rings (SSSR count). The number of aromatic nitrogens is 1. The zero-order valence-electron chi connectivity index (χ0n) is 12.8. The highest BCUT2D eigenvalue weighted by Crippen LogP contribution is 2.27. The van der Waals surface area contributed by atoms with Gasteiger partial charge in [-0.05, 0) is 36.2 Å². The molecule has 1 unspecified atom stereocenters. The molecule has 2 aromatic rings. The van der Waals surface area contributed by atoms with Crippen molar-refractivity contribution in [2.45, 2.75) is 26.0 Å². The Balaban J connectivity index is 1.97. The number of rotatable bonds is 7. The van der Waals surface area contributed by atoms with E-state index in [9.17, 15) is 4.79 Å². The minimum atomic E-state index is -0.557. The first-order valence-corrected chi connectivity index (χ1v) is 7.21. The first-order chi connectivity index (χ1) is 10.7. The molecule has 1 atom stereocenters. The van der Waals surface area contributed by atoms with Crippen molar-refractivity contribution in [3.05, 3.63) is 54.4 Å². The second kappa shape index (κ2) is 8.02. The molecule has 0 bridgehead atoms. The van der Waals surface area contributed by atoms with E-state index in [4.69, 9.17) is 9.47 Å². The van der Waals surface area contributed by atoms with Gasteiger partial charge in [-0.3, -0.25) is 9.78 Å². The minimum absolute atomic E-state index is 0.148. The third-order valence-electron chi connectivity index (χ3n) is 3.22. The van der Waals surface area contributed by atoms with Crippen LogP contribution < -0.4 is 14.8 Å². The molecule has 0 spiro atoms. The number of carbonyl (C=O) groups excluding carboxylic acids is 1. The SMILES string of the molecule is CCC(Oc1ccccc1OC)C(=O)NCc1ccncc1. The summed E-state index contributed by atoms with van der Waals surface area (Å²) in [5, 5.41) is 2.88. The molecular formula is C17H20N2O3. The summed E-state index contributed by atoms with van der Waals surface area (Å²) in [6.45, 7) is 2.36. The summed E-state index contributed by atoms with van der Waals surface area (Å²) in [6, 6.07) is 11.0. The van der Waals surface area contributed by atoms with Crippen molar-refractivity contribution in [2.75, 3.05) is 7.11 Å². The third kappa shape index (κ3) is 4.22. The number of hydrogen-bond acceptors (Lipinski definition) is 4. The van der Waals surface area contributed by atoms with Gasteiger partial charge in [0.1, 0.15) is 0 Å².